The second-order valence-electron chi connectivity index (χ2n) is 8.02. The van der Waals surface area contributed by atoms with Gasteiger partial charge in [-0.3, -0.25) is 4.79 Å². The molecule has 0 amide bonds. The Bertz CT molecular complexity index is 1220. The van der Waals surface area contributed by atoms with Crippen molar-refractivity contribution >= 4 is 11.7 Å². The number of anilines is 1. The minimum Gasteiger partial charge on any atom is -0.502 e. The molecule has 1 aromatic heterocycles. The van der Waals surface area contributed by atoms with Crippen LogP contribution in [0.5, 0.6) is 23.0 Å². The van der Waals surface area contributed by atoms with E-state index in [2.05, 4.69) is 15.4 Å². The Kier molecular flexibility index (Phi) is 5.16. The number of ether oxygens (including phenoxy) is 3. The first-order valence-electron chi connectivity index (χ1n) is 10.6. The lowest BCUT2D eigenvalue weighted by Crippen LogP contribution is -2.33. The van der Waals surface area contributed by atoms with Crippen molar-refractivity contribution in [3.05, 3.63) is 65.1 Å². The molecule has 170 valence electrons. The van der Waals surface area contributed by atoms with Crippen molar-refractivity contribution in [1.29, 1.82) is 0 Å². The summed E-state index contributed by atoms with van der Waals surface area (Å²) in [4.78, 5) is 17.9. The number of phenolic OH excluding ortho intramolecular Hbond substituents is 1. The van der Waals surface area contributed by atoms with Crippen LogP contribution in [0.3, 0.4) is 0 Å². The van der Waals surface area contributed by atoms with Gasteiger partial charge in [0.05, 0.1) is 21.3 Å². The largest absolute Gasteiger partial charge is 0.502 e. The summed E-state index contributed by atoms with van der Waals surface area (Å²) in [6, 6.07) is 10.7. The minimum atomic E-state index is -0.522. The molecular formula is C24H24N4O5. The number of hydrogen-bond acceptors (Lipinski definition) is 8. The number of nitrogens with zero attached hydrogens (tertiary/aromatic N) is 3. The summed E-state index contributed by atoms with van der Waals surface area (Å²) in [6.45, 7) is 0. The molecule has 2 N–H and O–H groups in total. The molecule has 0 fully saturated rings. The molecular weight excluding hydrogens is 424 g/mol. The van der Waals surface area contributed by atoms with Crippen molar-refractivity contribution in [3.8, 4) is 23.0 Å². The summed E-state index contributed by atoms with van der Waals surface area (Å²) in [5.74, 6) is 1.81. The third kappa shape index (κ3) is 3.45. The van der Waals surface area contributed by atoms with Crippen LogP contribution in [-0.4, -0.2) is 47.0 Å². The summed E-state index contributed by atoms with van der Waals surface area (Å²) in [6.07, 6.45) is 2.48. The van der Waals surface area contributed by atoms with Crippen LogP contribution in [0.15, 0.2) is 54.0 Å². The van der Waals surface area contributed by atoms with E-state index in [0.29, 0.717) is 29.9 Å². The monoisotopic (exact) mass is 448 g/mol. The Hall–Kier alpha value is -4.01. The van der Waals surface area contributed by atoms with E-state index < -0.39 is 6.04 Å². The number of carbonyl (C=O) groups is 1. The van der Waals surface area contributed by atoms with E-state index in [9.17, 15) is 9.90 Å². The van der Waals surface area contributed by atoms with Gasteiger partial charge in [0, 0.05) is 17.7 Å². The van der Waals surface area contributed by atoms with Gasteiger partial charge < -0.3 is 24.6 Å². The Morgan fingerprint density at radius 1 is 1.00 bits per heavy atom. The number of aromatic nitrogens is 3. The molecule has 2 atom stereocenters. The fourth-order valence-electron chi connectivity index (χ4n) is 4.64. The second kappa shape index (κ2) is 8.16. The van der Waals surface area contributed by atoms with Crippen LogP contribution in [0.2, 0.25) is 0 Å². The van der Waals surface area contributed by atoms with Gasteiger partial charge in [-0.1, -0.05) is 12.1 Å². The Balaban J connectivity index is 1.59. The van der Waals surface area contributed by atoms with Gasteiger partial charge in [0.25, 0.3) is 0 Å². The molecule has 1 aliphatic heterocycles. The Labute approximate surface area is 190 Å². The maximum Gasteiger partial charge on any atom is 0.226 e. The van der Waals surface area contributed by atoms with Gasteiger partial charge in [-0.25, -0.2) is 4.68 Å². The maximum absolute atomic E-state index is 13.5. The number of nitrogens with one attached hydrogen (secondary N) is 1. The van der Waals surface area contributed by atoms with Crippen molar-refractivity contribution in [3.63, 3.8) is 0 Å². The lowest BCUT2D eigenvalue weighted by Gasteiger charge is -2.35. The van der Waals surface area contributed by atoms with Crippen molar-refractivity contribution in [2.75, 3.05) is 26.6 Å². The third-order valence-electron chi connectivity index (χ3n) is 6.27. The first-order valence-corrected chi connectivity index (χ1v) is 10.6. The predicted molar refractivity (Wildman–Crippen MR) is 120 cm³/mol. The topological polar surface area (TPSA) is 108 Å². The van der Waals surface area contributed by atoms with Crippen LogP contribution in [0.1, 0.15) is 35.9 Å². The molecule has 3 aromatic rings. The summed E-state index contributed by atoms with van der Waals surface area (Å²) >= 11 is 0. The number of aromatic hydroxyl groups is 1. The van der Waals surface area contributed by atoms with E-state index >= 15 is 0 Å². The van der Waals surface area contributed by atoms with Crippen LogP contribution < -0.4 is 19.5 Å². The van der Waals surface area contributed by atoms with Crippen LogP contribution in [0.25, 0.3) is 0 Å². The number of benzene rings is 2. The molecule has 9 heteroatoms. The zero-order valence-electron chi connectivity index (χ0n) is 18.5. The average Bonchev–Trinajstić information content (AvgIpc) is 3.31. The van der Waals surface area contributed by atoms with E-state index in [1.807, 2.05) is 24.3 Å². The third-order valence-corrected chi connectivity index (χ3v) is 6.27. The molecule has 0 bridgehead atoms. The molecule has 5 rings (SSSR count). The van der Waals surface area contributed by atoms with E-state index in [-0.39, 0.29) is 28.9 Å². The quantitative estimate of drug-likeness (QED) is 0.611. The molecule has 2 heterocycles. The summed E-state index contributed by atoms with van der Waals surface area (Å²) in [5, 5.41) is 18.0. The number of rotatable bonds is 5. The normalized spacial score (nSPS) is 19.4. The molecule has 1 aliphatic carbocycles. The lowest BCUT2D eigenvalue weighted by molar-refractivity contribution is -0.116. The molecule has 0 radical (unpaired) electrons. The number of hydrogen-bond donors (Lipinski definition) is 2. The number of allylic oxidation sites excluding steroid dienone is 2. The first-order chi connectivity index (χ1) is 16.0. The summed E-state index contributed by atoms with van der Waals surface area (Å²) < 4.78 is 17.6. The molecule has 33 heavy (non-hydrogen) atoms. The highest BCUT2D eigenvalue weighted by Gasteiger charge is 2.39. The van der Waals surface area contributed by atoms with Gasteiger partial charge in [0.1, 0.15) is 18.1 Å². The highest BCUT2D eigenvalue weighted by molar-refractivity contribution is 6.00. The zero-order chi connectivity index (χ0) is 23.1. The standard InChI is InChI=1S/C24H24N4O5/c1-31-16-6-4-13(5-7-16)14-8-17-21(18(29)9-14)22(28-24(27-17)25-12-26-28)15-10-19(32-2)23(30)20(11-15)33-3/h4-7,10-12,14,22,30H,8-9H2,1-3H3,(H,25,26,27)/t14-,22+/m1/s1. The Morgan fingerprint density at radius 2 is 1.70 bits per heavy atom. The van der Waals surface area contributed by atoms with Crippen LogP contribution >= 0.6 is 0 Å². The van der Waals surface area contributed by atoms with E-state index in [1.165, 1.54) is 20.5 Å². The van der Waals surface area contributed by atoms with Gasteiger partial charge in [-0.2, -0.15) is 10.1 Å². The first kappa shape index (κ1) is 20.9. The van der Waals surface area contributed by atoms with Crippen molar-refractivity contribution < 1.29 is 24.1 Å². The highest BCUT2D eigenvalue weighted by atomic mass is 16.5. The van der Waals surface area contributed by atoms with Crippen LogP contribution in [-0.2, 0) is 4.79 Å². The highest BCUT2D eigenvalue weighted by Crippen LogP contribution is 2.47. The molecule has 0 spiro atoms. The molecule has 0 saturated carbocycles. The molecule has 0 unspecified atom stereocenters. The van der Waals surface area contributed by atoms with Crippen LogP contribution in [0, 0.1) is 0 Å². The molecule has 9 nitrogen and oxygen atoms in total. The number of methoxy groups -OCH3 is 3. The fraction of sp³-hybridized carbons (Fsp3) is 0.292. The van der Waals surface area contributed by atoms with Gasteiger partial charge >= 0.3 is 0 Å². The van der Waals surface area contributed by atoms with Crippen molar-refractivity contribution in [2.45, 2.75) is 24.8 Å². The van der Waals surface area contributed by atoms with Gasteiger partial charge in [-0.15, -0.1) is 0 Å². The van der Waals surface area contributed by atoms with Crippen molar-refractivity contribution in [1.82, 2.24) is 14.8 Å². The van der Waals surface area contributed by atoms with Crippen molar-refractivity contribution in [2.24, 2.45) is 0 Å². The Morgan fingerprint density at radius 3 is 2.33 bits per heavy atom. The van der Waals surface area contributed by atoms with Crippen LogP contribution in [0.4, 0.5) is 5.95 Å². The number of phenols is 1. The van der Waals surface area contributed by atoms with Gasteiger partial charge in [0.15, 0.2) is 17.3 Å². The smallest absolute Gasteiger partial charge is 0.226 e. The van der Waals surface area contributed by atoms with E-state index in [4.69, 9.17) is 14.2 Å². The number of carbonyl (C=O) groups excluding carboxylic acids is 1. The molecule has 0 saturated heterocycles. The molecule has 2 aliphatic rings. The number of Topliss-reactive ketones (excluding diaryl/α,β-unsaturated/α-hetero) is 1. The SMILES string of the molecule is COc1ccc([C@H]2CC(=O)C3=C(C2)Nc2ncnn2[C@H]3c2cc(OC)c(O)c(OC)c2)cc1. The van der Waals surface area contributed by atoms with E-state index in [0.717, 1.165) is 17.0 Å². The van der Waals surface area contributed by atoms with Gasteiger partial charge in [-0.05, 0) is 47.7 Å². The summed E-state index contributed by atoms with van der Waals surface area (Å²) in [7, 11) is 4.57. The van der Waals surface area contributed by atoms with Gasteiger partial charge in [0.2, 0.25) is 11.7 Å². The lowest BCUT2D eigenvalue weighted by atomic mass is 9.78. The maximum atomic E-state index is 13.5. The summed E-state index contributed by atoms with van der Waals surface area (Å²) in [5.41, 5.74) is 3.24. The van der Waals surface area contributed by atoms with E-state index in [1.54, 1.807) is 23.9 Å². The second-order valence-corrected chi connectivity index (χ2v) is 8.02. The predicted octanol–water partition coefficient (Wildman–Crippen LogP) is 3.43. The zero-order valence-corrected chi connectivity index (χ0v) is 18.5. The average molecular weight is 448 g/mol. The number of fused-ring (bicyclic) bond motifs is 1. The molecule has 2 aromatic carbocycles. The minimum absolute atomic E-state index is 0.0294. The fourth-order valence-corrected chi connectivity index (χ4v) is 4.64. The number of ketones is 1.